The highest BCUT2D eigenvalue weighted by Gasteiger charge is 2.44. The van der Waals surface area contributed by atoms with E-state index in [9.17, 15) is 86.8 Å². The maximum absolute atomic E-state index is 12.4. The Morgan fingerprint density at radius 2 is 1.19 bits per heavy atom. The molecule has 0 radical (unpaired) electrons. The second-order valence-corrected chi connectivity index (χ2v) is 30.9. The number of phosphoric acid groups is 5. The molecule has 9 unspecified atom stereocenters. The Balaban J connectivity index is 0.000000267. The number of phosphoric ester groups is 1. The lowest BCUT2D eigenvalue weighted by Gasteiger charge is -2.32. The van der Waals surface area contributed by atoms with Gasteiger partial charge < -0.3 is 78.4 Å². The summed E-state index contributed by atoms with van der Waals surface area (Å²) in [4.78, 5) is 145. The zero-order valence-corrected chi connectivity index (χ0v) is 51.6. The average molecular weight is 1430 g/mol. The number of nitro benzene ring substituents is 2. The number of hydrogen-bond acceptors (Lipinski definition) is 30. The molecular weight excluding hydrogens is 1380 g/mol. The Kier molecular flexibility index (Phi) is 25.7. The van der Waals surface area contributed by atoms with Gasteiger partial charge in [0.1, 0.15) is 24.7 Å². The Hall–Kier alpha value is -5.22. The van der Waals surface area contributed by atoms with Crippen molar-refractivity contribution in [2.45, 2.75) is 62.9 Å². The number of aliphatic hydroxyl groups excluding tert-OH is 1. The van der Waals surface area contributed by atoms with Crippen molar-refractivity contribution in [1.29, 1.82) is 0 Å². The normalized spacial score (nSPS) is 20.8. The molecule has 0 amide bonds. The number of nitrogen functional groups attached to an aromatic ring is 1. The van der Waals surface area contributed by atoms with E-state index in [1.165, 1.54) is 53.9 Å². The van der Waals surface area contributed by atoms with Crippen LogP contribution in [-0.4, -0.2) is 141 Å². The highest BCUT2D eigenvalue weighted by molar-refractivity contribution is 8.24. The number of para-hydroxylation sites is 2. The number of aromatic nitrogens is 8. The first-order valence-electron chi connectivity index (χ1n) is 23.3. The molecule has 10 N–H and O–H groups in total. The van der Waals surface area contributed by atoms with Gasteiger partial charge in [0, 0.05) is 39.1 Å². The maximum Gasteiger partial charge on any atom is 0.490 e. The van der Waals surface area contributed by atoms with E-state index in [1.807, 2.05) is 0 Å². The number of nitrogens with zero attached hydrogens (tertiary/aromatic N) is 10. The van der Waals surface area contributed by atoms with E-state index in [2.05, 4.69) is 81.6 Å². The number of nitrogens with one attached hydrogen (secondary N) is 2. The fourth-order valence-electron chi connectivity index (χ4n) is 7.53. The smallest absolute Gasteiger partial charge is 0.490 e. The van der Waals surface area contributed by atoms with Crippen molar-refractivity contribution in [3.05, 3.63) is 113 Å². The molecule has 0 spiro atoms. The van der Waals surface area contributed by atoms with Gasteiger partial charge >= 0.3 is 28.7 Å². The summed E-state index contributed by atoms with van der Waals surface area (Å²) in [6.07, 6.45) is -0.668. The minimum Gasteiger partial charge on any atom is -0.790 e. The first kappa shape index (κ1) is 73.5. The lowest BCUT2D eigenvalue weighted by Crippen LogP contribution is -2.29. The van der Waals surface area contributed by atoms with Gasteiger partial charge in [-0.25, -0.2) is 28.7 Å². The van der Waals surface area contributed by atoms with Gasteiger partial charge in [0.2, 0.25) is 11.9 Å². The molecule has 2 aliphatic rings. The fourth-order valence-corrected chi connectivity index (χ4v) is 11.6. The summed E-state index contributed by atoms with van der Waals surface area (Å²) < 4.78 is 104. The van der Waals surface area contributed by atoms with Gasteiger partial charge in [-0.2, -0.15) is 18.6 Å². The molecule has 2 fully saturated rings. The topological polar surface area (TPSA) is 622 Å². The summed E-state index contributed by atoms with van der Waals surface area (Å²) in [5, 5.41) is 29.2. The number of imidazole rings is 2. The number of nitro groups is 2. The SMILES string of the molecule is CN(C)C=Nc1nc2c(ncn2C2CC(OCc3ccccc3[N+](=O)[O-])C(CO)O2)c(=O)[nH]1.Nc1nc2c(ncn2C2CC(OCc3ccccc3[N+](=O)[O-])C(COP(=O)(O)OP(=O)(O)OP(=O)(O)O)O2)c(=O)[nH]1.O=P(Cl)(Cl)Cl.O=P([O-])([O-])OP(=O)([O-])O. The quantitative estimate of drug-likeness (QED) is 0.0154. The number of benzene rings is 2. The Morgan fingerprint density at radius 1 is 0.739 bits per heavy atom. The number of anilines is 1. The molecule has 6 heterocycles. The van der Waals surface area contributed by atoms with Gasteiger partial charge in [0.25, 0.3) is 30.3 Å². The molecule has 4 aromatic heterocycles. The summed E-state index contributed by atoms with van der Waals surface area (Å²) in [7, 11) is -24.3. The van der Waals surface area contributed by atoms with Crippen LogP contribution in [0.4, 0.5) is 23.3 Å². The van der Waals surface area contributed by atoms with Crippen LogP contribution in [0.15, 0.2) is 75.8 Å². The van der Waals surface area contributed by atoms with Gasteiger partial charge in [-0.15, -0.1) is 0 Å². The third-order valence-corrected chi connectivity index (χ3v) is 16.2. The number of nitrogens with two attached hydrogens (primary N) is 1. The van der Waals surface area contributed by atoms with E-state index in [4.69, 9.17) is 43.9 Å². The number of ether oxygens (including phenoxy) is 4. The van der Waals surface area contributed by atoms with Gasteiger partial charge in [-0.3, -0.25) is 66.9 Å². The van der Waals surface area contributed by atoms with Crippen molar-refractivity contribution >= 4 is 130 Å². The second-order valence-electron chi connectivity index (χ2n) is 17.4. The molecule has 0 saturated carbocycles. The number of halogens is 3. The molecule has 0 aliphatic carbocycles. The van der Waals surface area contributed by atoms with Crippen molar-refractivity contribution in [2.75, 3.05) is 33.0 Å². The largest absolute Gasteiger partial charge is 0.790 e. The summed E-state index contributed by atoms with van der Waals surface area (Å²) in [5.41, 5.74) is 5.21. The number of H-pyrrole nitrogens is 2. The highest BCUT2D eigenvalue weighted by atomic mass is 36.0. The van der Waals surface area contributed by atoms with E-state index in [0.717, 1.165) is 0 Å². The highest BCUT2D eigenvalue weighted by Crippen LogP contribution is 2.66. The standard InChI is InChI=1S/C20H23N7O6.C17H21N6O15P3.Cl3OP.H4O7P2/c1-25(2)10-22-20-23-18-17(19(29)24-20)21-11-26(18)16-7-14(15(8-28)33-16)32-9-12-5-3-4-6-13(12)27(30)31;18-17-20-15-14(16(24)21-17)19-8-22(15)13-5-11(34-6-9-3-1-2-4-10(9)23(25)26)12(36-13)7-35-40(30,31)38-41(32,33)37-39(27,28)29;1-5(2,3)4;1-8(2,3)7-9(4,5)6/h3-6,10-11,14-16,28H,7-9H2,1-2H3,(H,23,24,29);1-4,8,11-13H,5-7H2,(H,30,31)(H,32,33)(H2,27,28,29)(H3,18,20,21,24);;(H2,1,2,3)(H2,4,5,6)/p-3. The van der Waals surface area contributed by atoms with Gasteiger partial charge in [-0.05, 0) is 45.9 Å². The number of aromatic amines is 2. The van der Waals surface area contributed by atoms with Gasteiger partial charge in [0.15, 0.2) is 22.3 Å². The molecule has 486 valence electrons. The van der Waals surface area contributed by atoms with Crippen LogP contribution in [0.1, 0.15) is 36.4 Å². The van der Waals surface area contributed by atoms with Crippen LogP contribution in [0.5, 0.6) is 0 Å². The number of hydrogen-bond donors (Lipinski definition) is 9. The van der Waals surface area contributed by atoms with Crippen LogP contribution < -0.4 is 31.5 Å². The van der Waals surface area contributed by atoms with Crippen LogP contribution in [0.3, 0.4) is 0 Å². The van der Waals surface area contributed by atoms with E-state index in [0.29, 0.717) is 12.0 Å². The van der Waals surface area contributed by atoms with Crippen LogP contribution in [-0.2, 0) is 77.0 Å². The predicted octanol–water partition coefficient (Wildman–Crippen LogP) is 2.04. The van der Waals surface area contributed by atoms with Crippen LogP contribution in [0, 0.1) is 20.2 Å². The first-order chi connectivity index (χ1) is 40.6. The van der Waals surface area contributed by atoms with Gasteiger partial charge in [-0.1, -0.05) is 24.3 Å². The Labute approximate surface area is 504 Å². The third-order valence-electron chi connectivity index (χ3n) is 10.7. The molecule has 0 bridgehead atoms. The van der Waals surface area contributed by atoms with E-state index >= 15 is 0 Å². The van der Waals surface area contributed by atoms with E-state index in [1.54, 1.807) is 41.8 Å². The molecule has 42 nitrogen and oxygen atoms in total. The zero-order chi connectivity index (χ0) is 65.9. The van der Waals surface area contributed by atoms with Crippen LogP contribution in [0.25, 0.3) is 22.3 Å². The third kappa shape index (κ3) is 23.5. The van der Waals surface area contributed by atoms with Crippen molar-refractivity contribution in [1.82, 2.24) is 43.9 Å². The van der Waals surface area contributed by atoms with Crippen molar-refractivity contribution in [3.8, 4) is 0 Å². The number of aliphatic imine (C=N–C) groups is 1. The molecular formula is C37H45Cl3N13O29P6-3. The first-order valence-corrected chi connectivity index (χ1v) is 35.2. The summed E-state index contributed by atoms with van der Waals surface area (Å²) in [6, 6.07) is 12.0. The molecule has 2 aromatic carbocycles. The molecule has 9 atom stereocenters. The molecule has 8 rings (SSSR count). The Morgan fingerprint density at radius 3 is 1.62 bits per heavy atom. The summed E-state index contributed by atoms with van der Waals surface area (Å²) >= 11 is 13.8. The zero-order valence-electron chi connectivity index (χ0n) is 44.0. The van der Waals surface area contributed by atoms with Crippen molar-refractivity contribution in [3.63, 3.8) is 0 Å². The summed E-state index contributed by atoms with van der Waals surface area (Å²) in [5.74, 6) is -0.112. The van der Waals surface area contributed by atoms with Crippen molar-refractivity contribution in [2.24, 2.45) is 4.99 Å². The van der Waals surface area contributed by atoms with Gasteiger partial charge in [0.05, 0.1) is 86.4 Å². The van der Waals surface area contributed by atoms with E-state index in [-0.39, 0.29) is 77.4 Å². The molecule has 2 saturated heterocycles. The number of rotatable bonds is 22. The van der Waals surface area contributed by atoms with Crippen LogP contribution >= 0.6 is 78.0 Å². The maximum atomic E-state index is 12.4. The fraction of sp³-hybridized carbons (Fsp3) is 0.378. The van der Waals surface area contributed by atoms with Crippen molar-refractivity contribution < 1.29 is 118 Å². The molecule has 6 aromatic rings. The minimum absolute atomic E-state index is 0.0135. The average Bonchev–Trinajstić information content (AvgIpc) is 3.99. The Bertz CT molecular complexity index is 3880. The number of fused-ring (bicyclic) bond motifs is 2. The minimum atomic E-state index is -5.77. The lowest BCUT2D eigenvalue weighted by molar-refractivity contribution is -0.386. The predicted molar refractivity (Wildman–Crippen MR) is 294 cm³/mol. The van der Waals surface area contributed by atoms with E-state index < -0.39 is 109 Å². The second kappa shape index (κ2) is 30.7. The monoisotopic (exact) mass is 1430 g/mol. The summed E-state index contributed by atoms with van der Waals surface area (Å²) in [6.45, 7) is -1.51. The molecule has 2 aliphatic heterocycles. The van der Waals surface area contributed by atoms with Crippen LogP contribution in [0.2, 0.25) is 0 Å². The lowest BCUT2D eigenvalue weighted by atomic mass is 10.1. The molecule has 51 heteroatoms. The molecule has 88 heavy (non-hydrogen) atoms. The number of aliphatic hydroxyl groups is 1.